The summed E-state index contributed by atoms with van der Waals surface area (Å²) in [4.78, 5) is 25.2. The first-order valence-corrected chi connectivity index (χ1v) is 11.2. The number of halogens is 1. The van der Waals surface area contributed by atoms with Crippen molar-refractivity contribution in [3.05, 3.63) is 65.1 Å². The summed E-state index contributed by atoms with van der Waals surface area (Å²) in [6, 6.07) is 7.35. The molecular formula is C21H21FN4O4S2. The number of benzene rings is 1. The van der Waals surface area contributed by atoms with Crippen LogP contribution in [0.3, 0.4) is 0 Å². The van der Waals surface area contributed by atoms with Crippen molar-refractivity contribution in [2.75, 3.05) is 18.2 Å². The molecule has 0 spiro atoms. The van der Waals surface area contributed by atoms with Gasteiger partial charge in [-0.05, 0) is 37.3 Å². The van der Waals surface area contributed by atoms with Gasteiger partial charge in [0.05, 0.1) is 18.4 Å². The molecule has 2 aromatic heterocycles. The standard InChI is InChI=1S/C21H21FN4O4S2/c1-4-9-26-17(11-30-15-7-5-14(22)6-8-15)24-25-21(26)31-12-18(27)23-19-16(20(28)29-3)10-13(2)32-19/h4-8,10H,1,9,11-12H2,2-3H3,(H,23,27). The number of hydrogen-bond acceptors (Lipinski definition) is 8. The molecule has 0 bridgehead atoms. The molecule has 0 atom stereocenters. The zero-order chi connectivity index (χ0) is 23.1. The Kier molecular flexibility index (Phi) is 8.01. The fourth-order valence-electron chi connectivity index (χ4n) is 2.69. The van der Waals surface area contributed by atoms with E-state index in [0.717, 1.165) is 4.88 Å². The number of amides is 1. The van der Waals surface area contributed by atoms with Crippen LogP contribution in [0.15, 0.2) is 48.1 Å². The summed E-state index contributed by atoms with van der Waals surface area (Å²) >= 11 is 2.50. The maximum absolute atomic E-state index is 13.0. The number of aryl methyl sites for hydroxylation is 1. The molecule has 0 saturated heterocycles. The molecule has 168 valence electrons. The zero-order valence-corrected chi connectivity index (χ0v) is 19.1. The number of anilines is 1. The third-order valence-corrected chi connectivity index (χ3v) is 6.07. The molecule has 32 heavy (non-hydrogen) atoms. The number of nitrogens with one attached hydrogen (secondary N) is 1. The highest BCUT2D eigenvalue weighted by Gasteiger charge is 2.19. The number of carbonyl (C=O) groups excluding carboxylic acids is 2. The zero-order valence-electron chi connectivity index (χ0n) is 17.5. The lowest BCUT2D eigenvalue weighted by Gasteiger charge is -2.09. The summed E-state index contributed by atoms with van der Waals surface area (Å²) in [5.41, 5.74) is 0.323. The molecule has 3 rings (SSSR count). The van der Waals surface area contributed by atoms with E-state index in [1.54, 1.807) is 16.7 Å². The predicted molar refractivity (Wildman–Crippen MR) is 121 cm³/mol. The van der Waals surface area contributed by atoms with Crippen LogP contribution < -0.4 is 10.1 Å². The number of esters is 1. The number of hydrogen-bond donors (Lipinski definition) is 1. The van der Waals surface area contributed by atoms with Crippen molar-refractivity contribution in [3.63, 3.8) is 0 Å². The van der Waals surface area contributed by atoms with E-state index < -0.39 is 5.97 Å². The number of methoxy groups -OCH3 is 1. The van der Waals surface area contributed by atoms with Crippen molar-refractivity contribution in [3.8, 4) is 5.75 Å². The number of nitrogens with zero attached hydrogens (tertiary/aromatic N) is 3. The molecule has 11 heteroatoms. The van der Waals surface area contributed by atoms with Crippen LogP contribution in [0.1, 0.15) is 21.1 Å². The number of ether oxygens (including phenoxy) is 2. The summed E-state index contributed by atoms with van der Waals surface area (Å²) < 4.78 is 25.2. The van der Waals surface area contributed by atoms with Gasteiger partial charge in [0.2, 0.25) is 5.91 Å². The quantitative estimate of drug-likeness (QED) is 0.268. The number of thiophene rings is 1. The van der Waals surface area contributed by atoms with Crippen molar-refractivity contribution < 1.29 is 23.5 Å². The summed E-state index contributed by atoms with van der Waals surface area (Å²) in [5.74, 6) is -0.0421. The second-order valence-electron chi connectivity index (χ2n) is 6.47. The maximum Gasteiger partial charge on any atom is 0.340 e. The van der Waals surface area contributed by atoms with E-state index in [2.05, 4.69) is 22.1 Å². The highest BCUT2D eigenvalue weighted by molar-refractivity contribution is 7.99. The van der Waals surface area contributed by atoms with Gasteiger partial charge in [-0.3, -0.25) is 9.36 Å². The van der Waals surface area contributed by atoms with E-state index in [9.17, 15) is 14.0 Å². The molecule has 0 aliphatic heterocycles. The van der Waals surface area contributed by atoms with E-state index in [1.165, 1.54) is 54.5 Å². The Balaban J connectivity index is 1.63. The topological polar surface area (TPSA) is 95.3 Å². The largest absolute Gasteiger partial charge is 0.486 e. The van der Waals surface area contributed by atoms with Gasteiger partial charge in [0.15, 0.2) is 11.0 Å². The third kappa shape index (κ3) is 5.95. The van der Waals surface area contributed by atoms with Crippen molar-refractivity contribution >= 4 is 40.0 Å². The average molecular weight is 477 g/mol. The first-order chi connectivity index (χ1) is 15.4. The molecule has 0 aliphatic rings. The lowest BCUT2D eigenvalue weighted by Crippen LogP contribution is -2.16. The second-order valence-corrected chi connectivity index (χ2v) is 8.67. The van der Waals surface area contributed by atoms with Gasteiger partial charge >= 0.3 is 5.97 Å². The van der Waals surface area contributed by atoms with Crippen molar-refractivity contribution in [1.82, 2.24) is 14.8 Å². The average Bonchev–Trinajstić information content (AvgIpc) is 3.34. The van der Waals surface area contributed by atoms with Gasteiger partial charge in [-0.15, -0.1) is 28.1 Å². The highest BCUT2D eigenvalue weighted by Crippen LogP contribution is 2.28. The number of thioether (sulfide) groups is 1. The van der Waals surface area contributed by atoms with E-state index in [1.807, 2.05) is 6.92 Å². The molecule has 1 N–H and O–H groups in total. The predicted octanol–water partition coefficient (Wildman–Crippen LogP) is 4.07. The lowest BCUT2D eigenvalue weighted by molar-refractivity contribution is -0.113. The second kappa shape index (κ2) is 10.9. The Bertz CT molecular complexity index is 1110. The van der Waals surface area contributed by atoms with Crippen LogP contribution >= 0.6 is 23.1 Å². The SMILES string of the molecule is C=CCn1c(COc2ccc(F)cc2)nnc1SCC(=O)Nc1sc(C)cc1C(=O)OC. The monoisotopic (exact) mass is 476 g/mol. The van der Waals surface area contributed by atoms with Crippen LogP contribution in [0, 0.1) is 12.7 Å². The minimum atomic E-state index is -0.506. The van der Waals surface area contributed by atoms with Gasteiger partial charge in [-0.1, -0.05) is 17.8 Å². The van der Waals surface area contributed by atoms with Crippen LogP contribution in [0.5, 0.6) is 5.75 Å². The lowest BCUT2D eigenvalue weighted by atomic mass is 10.3. The van der Waals surface area contributed by atoms with Gasteiger partial charge in [0.1, 0.15) is 23.2 Å². The minimum absolute atomic E-state index is 0.0612. The molecule has 0 saturated carbocycles. The number of rotatable bonds is 10. The van der Waals surface area contributed by atoms with Gasteiger partial charge < -0.3 is 14.8 Å². The Labute approximate surface area is 192 Å². The summed E-state index contributed by atoms with van der Waals surface area (Å²) in [6.07, 6.45) is 1.69. The summed E-state index contributed by atoms with van der Waals surface area (Å²) in [5, 5.41) is 12.0. The van der Waals surface area contributed by atoms with Gasteiger partial charge in [0, 0.05) is 11.4 Å². The molecular weight excluding hydrogens is 455 g/mol. The normalized spacial score (nSPS) is 10.6. The molecule has 0 unspecified atom stereocenters. The van der Waals surface area contributed by atoms with Crippen LogP contribution in [0.25, 0.3) is 0 Å². The van der Waals surface area contributed by atoms with E-state index >= 15 is 0 Å². The summed E-state index contributed by atoms with van der Waals surface area (Å²) in [7, 11) is 1.29. The fourth-order valence-corrected chi connectivity index (χ4v) is 4.37. The Hall–Kier alpha value is -3.18. The molecule has 0 radical (unpaired) electrons. The van der Waals surface area contributed by atoms with Crippen molar-refractivity contribution in [2.45, 2.75) is 25.2 Å². The van der Waals surface area contributed by atoms with Gasteiger partial charge in [-0.2, -0.15) is 0 Å². The molecule has 0 fully saturated rings. The first kappa shape index (κ1) is 23.5. The van der Waals surface area contributed by atoms with Crippen LogP contribution in [0.2, 0.25) is 0 Å². The van der Waals surface area contributed by atoms with Crippen molar-refractivity contribution in [1.29, 1.82) is 0 Å². The van der Waals surface area contributed by atoms with Crippen LogP contribution in [0.4, 0.5) is 9.39 Å². The Morgan fingerprint density at radius 1 is 1.31 bits per heavy atom. The third-order valence-electron chi connectivity index (χ3n) is 4.13. The van der Waals surface area contributed by atoms with E-state index in [0.29, 0.717) is 33.8 Å². The van der Waals surface area contributed by atoms with Crippen LogP contribution in [-0.2, 0) is 22.7 Å². The Morgan fingerprint density at radius 3 is 2.75 bits per heavy atom. The highest BCUT2D eigenvalue weighted by atomic mass is 32.2. The molecule has 0 aliphatic carbocycles. The number of carbonyl (C=O) groups is 2. The smallest absolute Gasteiger partial charge is 0.340 e. The first-order valence-electron chi connectivity index (χ1n) is 9.44. The van der Waals surface area contributed by atoms with Crippen molar-refractivity contribution in [2.24, 2.45) is 0 Å². The summed E-state index contributed by atoms with van der Waals surface area (Å²) in [6.45, 7) is 6.13. The Morgan fingerprint density at radius 2 is 2.06 bits per heavy atom. The van der Waals surface area contributed by atoms with Gasteiger partial charge in [0.25, 0.3) is 0 Å². The number of allylic oxidation sites excluding steroid dienone is 1. The molecule has 1 amide bonds. The molecule has 1 aromatic carbocycles. The minimum Gasteiger partial charge on any atom is -0.486 e. The number of aromatic nitrogens is 3. The maximum atomic E-state index is 13.0. The van der Waals surface area contributed by atoms with E-state index in [4.69, 9.17) is 9.47 Å². The molecule has 8 nitrogen and oxygen atoms in total. The van der Waals surface area contributed by atoms with E-state index in [-0.39, 0.29) is 24.1 Å². The molecule has 2 heterocycles. The molecule has 3 aromatic rings. The van der Waals surface area contributed by atoms with Gasteiger partial charge in [-0.25, -0.2) is 9.18 Å². The van der Waals surface area contributed by atoms with Crippen LogP contribution in [-0.4, -0.2) is 39.5 Å². The fraction of sp³-hybridized carbons (Fsp3) is 0.238.